The molecule has 33 heavy (non-hydrogen) atoms. The first-order valence-corrected chi connectivity index (χ1v) is 12.0. The lowest BCUT2D eigenvalue weighted by atomic mass is 9.73. The van der Waals surface area contributed by atoms with Gasteiger partial charge >= 0.3 is 0 Å². The molecule has 0 aliphatic carbocycles. The maximum absolute atomic E-state index is 11.6. The first-order chi connectivity index (χ1) is 15.7. The number of hydrogen-bond donors (Lipinski definition) is 1. The van der Waals surface area contributed by atoms with Crippen LogP contribution in [0.2, 0.25) is 0 Å². The van der Waals surface area contributed by atoms with Gasteiger partial charge in [-0.3, -0.25) is 0 Å². The van der Waals surface area contributed by atoms with E-state index in [1.54, 1.807) is 4.80 Å². The lowest BCUT2D eigenvalue weighted by Gasteiger charge is -2.32. The number of benzene rings is 3. The van der Waals surface area contributed by atoms with Crippen LogP contribution < -0.4 is 0 Å². The molecule has 4 nitrogen and oxygen atoms in total. The van der Waals surface area contributed by atoms with Gasteiger partial charge in [-0.2, -0.15) is 0 Å². The van der Waals surface area contributed by atoms with Crippen LogP contribution in [0.25, 0.3) is 16.7 Å². The molecular weight excluding hydrogens is 406 g/mol. The van der Waals surface area contributed by atoms with Gasteiger partial charge in [0.05, 0.1) is 0 Å². The van der Waals surface area contributed by atoms with Crippen LogP contribution in [0.4, 0.5) is 0 Å². The van der Waals surface area contributed by atoms with Crippen LogP contribution in [0.15, 0.2) is 66.7 Å². The zero-order valence-corrected chi connectivity index (χ0v) is 20.5. The minimum absolute atomic E-state index is 0.0360. The van der Waals surface area contributed by atoms with Crippen molar-refractivity contribution < 1.29 is 5.11 Å². The molecule has 4 rings (SSSR count). The number of rotatable bonds is 8. The molecule has 1 heterocycles. The van der Waals surface area contributed by atoms with Gasteiger partial charge in [0.2, 0.25) is 0 Å². The zero-order chi connectivity index (χ0) is 23.6. The Labute approximate surface area is 197 Å². The van der Waals surface area contributed by atoms with Crippen molar-refractivity contribution in [3.05, 3.63) is 83.4 Å². The fourth-order valence-corrected chi connectivity index (χ4v) is 4.58. The lowest BCUT2D eigenvalue weighted by Crippen LogP contribution is -2.23. The minimum Gasteiger partial charge on any atom is -0.505 e. The van der Waals surface area contributed by atoms with Crippen molar-refractivity contribution in [3.63, 3.8) is 0 Å². The molecule has 0 bridgehead atoms. The van der Waals surface area contributed by atoms with Crippen molar-refractivity contribution in [3.8, 4) is 11.4 Å². The van der Waals surface area contributed by atoms with E-state index in [0.717, 1.165) is 28.6 Å². The summed E-state index contributed by atoms with van der Waals surface area (Å²) in [6, 6.07) is 22.5. The van der Waals surface area contributed by atoms with E-state index in [1.807, 2.05) is 30.3 Å². The number of hydrogen-bond acceptors (Lipinski definition) is 3. The predicted octanol–water partition coefficient (Wildman–Crippen LogP) is 7.31. The number of nitrogens with zero attached hydrogens (tertiary/aromatic N) is 3. The van der Waals surface area contributed by atoms with Crippen molar-refractivity contribution in [1.82, 2.24) is 15.0 Å². The van der Waals surface area contributed by atoms with Crippen molar-refractivity contribution in [1.29, 1.82) is 0 Å². The number of fused-ring (bicyclic) bond motifs is 1. The molecule has 0 saturated carbocycles. The van der Waals surface area contributed by atoms with Gasteiger partial charge in [0, 0.05) is 11.0 Å². The summed E-state index contributed by atoms with van der Waals surface area (Å²) < 4.78 is 0. The summed E-state index contributed by atoms with van der Waals surface area (Å²) in [7, 11) is 0. The molecule has 3 aromatic carbocycles. The highest BCUT2D eigenvalue weighted by molar-refractivity contribution is 5.74. The molecule has 172 valence electrons. The highest BCUT2D eigenvalue weighted by atomic mass is 16.3. The summed E-state index contributed by atoms with van der Waals surface area (Å²) in [6.45, 7) is 11.2. The Kier molecular flexibility index (Phi) is 6.29. The number of phenols is 1. The minimum atomic E-state index is -0.387. The van der Waals surface area contributed by atoms with Gasteiger partial charge in [0.15, 0.2) is 0 Å². The van der Waals surface area contributed by atoms with Crippen LogP contribution >= 0.6 is 0 Å². The van der Waals surface area contributed by atoms with Gasteiger partial charge < -0.3 is 5.11 Å². The second-order valence-corrected chi connectivity index (χ2v) is 10.2. The van der Waals surface area contributed by atoms with E-state index < -0.39 is 0 Å². The van der Waals surface area contributed by atoms with Gasteiger partial charge in [0.25, 0.3) is 0 Å². The third-order valence-electron chi connectivity index (χ3n) is 6.95. The molecule has 1 aromatic heterocycles. The molecule has 0 radical (unpaired) electrons. The number of phenolic OH excluding ortho intramolecular Hbond substituents is 1. The Morgan fingerprint density at radius 3 is 2.00 bits per heavy atom. The van der Waals surface area contributed by atoms with Crippen molar-refractivity contribution in [2.75, 3.05) is 0 Å². The van der Waals surface area contributed by atoms with Crippen LogP contribution in [0, 0.1) is 0 Å². The Balaban J connectivity index is 1.91. The summed E-state index contributed by atoms with van der Waals surface area (Å²) in [5, 5.41) is 20.9. The van der Waals surface area contributed by atoms with Crippen molar-refractivity contribution in [2.45, 2.75) is 71.1 Å². The third-order valence-corrected chi connectivity index (χ3v) is 6.95. The first-order valence-electron chi connectivity index (χ1n) is 12.0. The van der Waals surface area contributed by atoms with E-state index in [9.17, 15) is 5.11 Å². The van der Waals surface area contributed by atoms with Crippen LogP contribution in [0.5, 0.6) is 5.75 Å². The third kappa shape index (κ3) is 4.52. The average molecular weight is 442 g/mol. The Morgan fingerprint density at radius 1 is 0.788 bits per heavy atom. The van der Waals surface area contributed by atoms with Gasteiger partial charge in [-0.15, -0.1) is 15.0 Å². The smallest absolute Gasteiger partial charge is 0.147 e. The topological polar surface area (TPSA) is 50.9 Å². The summed E-state index contributed by atoms with van der Waals surface area (Å²) in [6.07, 6.45) is 4.70. The van der Waals surface area contributed by atoms with Gasteiger partial charge in [-0.25, -0.2) is 0 Å². The van der Waals surface area contributed by atoms with E-state index in [2.05, 4.69) is 81.2 Å². The molecular formula is C29H35N3O. The largest absolute Gasteiger partial charge is 0.505 e. The molecule has 0 spiro atoms. The molecule has 0 aliphatic rings. The van der Waals surface area contributed by atoms with Gasteiger partial charge in [-0.05, 0) is 41.2 Å². The molecule has 0 amide bonds. The number of aromatic nitrogens is 3. The van der Waals surface area contributed by atoms with E-state index in [-0.39, 0.29) is 16.6 Å². The maximum atomic E-state index is 11.6. The number of aromatic hydroxyl groups is 1. The normalized spacial score (nSPS) is 12.4. The van der Waals surface area contributed by atoms with E-state index in [0.29, 0.717) is 5.69 Å². The molecule has 0 unspecified atom stereocenters. The number of unbranched alkanes of at least 4 members (excludes halogenated alkanes) is 2. The van der Waals surface area contributed by atoms with Crippen molar-refractivity contribution in [2.24, 2.45) is 0 Å². The maximum Gasteiger partial charge on any atom is 0.147 e. The van der Waals surface area contributed by atoms with Crippen LogP contribution in [0.1, 0.15) is 77.0 Å². The van der Waals surface area contributed by atoms with Crippen molar-refractivity contribution >= 4 is 11.0 Å². The van der Waals surface area contributed by atoms with E-state index in [4.69, 9.17) is 0 Å². The van der Waals surface area contributed by atoms with E-state index >= 15 is 0 Å². The Hall–Kier alpha value is -3.14. The summed E-state index contributed by atoms with van der Waals surface area (Å²) in [5.41, 5.74) is 5.09. The highest BCUT2D eigenvalue weighted by Gasteiger charge is 2.31. The zero-order valence-electron chi connectivity index (χ0n) is 20.5. The molecule has 0 aliphatic heterocycles. The van der Waals surface area contributed by atoms with Crippen LogP contribution in [-0.2, 0) is 10.8 Å². The molecule has 1 N–H and O–H groups in total. The summed E-state index contributed by atoms with van der Waals surface area (Å²) in [5.74, 6) is 0.234. The standard InChI is InChI=1S/C29H35N3O/c1-6-7-13-18-28(2,3)22-19-23(29(4,5)21-14-9-8-10-15-21)27(33)26(20-22)32-30-24-16-11-12-17-25(24)31-32/h8-12,14-17,19-20,33H,6-7,13,18H2,1-5H3. The summed E-state index contributed by atoms with van der Waals surface area (Å²) in [4.78, 5) is 1.59. The van der Waals surface area contributed by atoms with Crippen LogP contribution in [-0.4, -0.2) is 20.1 Å². The fraction of sp³-hybridized carbons (Fsp3) is 0.379. The van der Waals surface area contributed by atoms with E-state index in [1.165, 1.54) is 24.8 Å². The quantitative estimate of drug-likeness (QED) is 0.292. The second-order valence-electron chi connectivity index (χ2n) is 10.2. The molecule has 0 saturated heterocycles. The molecule has 0 atom stereocenters. The van der Waals surface area contributed by atoms with Gasteiger partial charge in [-0.1, -0.05) is 102 Å². The summed E-state index contributed by atoms with van der Waals surface area (Å²) >= 11 is 0. The molecule has 0 fully saturated rings. The predicted molar refractivity (Wildman–Crippen MR) is 136 cm³/mol. The fourth-order valence-electron chi connectivity index (χ4n) is 4.58. The van der Waals surface area contributed by atoms with Gasteiger partial charge in [0.1, 0.15) is 22.5 Å². The molecule has 4 aromatic rings. The van der Waals surface area contributed by atoms with Crippen LogP contribution in [0.3, 0.4) is 0 Å². The SMILES string of the molecule is CCCCCC(C)(C)c1cc(-n2nc3ccccc3n2)c(O)c(C(C)(C)c2ccccc2)c1. The lowest BCUT2D eigenvalue weighted by molar-refractivity contribution is 0.433. The average Bonchev–Trinajstić information content (AvgIpc) is 3.23. The highest BCUT2D eigenvalue weighted by Crippen LogP contribution is 2.43. The molecule has 4 heteroatoms. The first kappa shape index (κ1) is 23.0. The second kappa shape index (κ2) is 9.01. The monoisotopic (exact) mass is 441 g/mol. The Bertz CT molecular complexity index is 1210. The Morgan fingerprint density at radius 2 is 1.39 bits per heavy atom.